The Morgan fingerprint density at radius 2 is 1.81 bits per heavy atom. The first kappa shape index (κ1) is 28.6. The van der Waals surface area contributed by atoms with E-state index in [9.17, 15) is 22.8 Å². The first-order valence-corrected chi connectivity index (χ1v) is 13.0. The Bertz CT molecular complexity index is 1080. The van der Waals surface area contributed by atoms with Crippen LogP contribution < -0.4 is 5.32 Å². The summed E-state index contributed by atoms with van der Waals surface area (Å²) in [6.07, 6.45) is -1.59. The van der Waals surface area contributed by atoms with Gasteiger partial charge >= 0.3 is 12.1 Å². The normalized spacial score (nSPS) is 18.2. The Balaban J connectivity index is 0.000000479. The van der Waals surface area contributed by atoms with Gasteiger partial charge in [-0.2, -0.15) is 24.5 Å². The van der Waals surface area contributed by atoms with Gasteiger partial charge in [-0.1, -0.05) is 24.3 Å². The Morgan fingerprint density at radius 1 is 1.16 bits per heavy atom. The minimum atomic E-state index is -5.08. The van der Waals surface area contributed by atoms with E-state index in [0.29, 0.717) is 13.0 Å². The molecule has 4 rings (SSSR count). The third-order valence-corrected chi connectivity index (χ3v) is 7.62. The van der Waals surface area contributed by atoms with Crippen molar-refractivity contribution in [2.45, 2.75) is 43.2 Å². The summed E-state index contributed by atoms with van der Waals surface area (Å²) in [4.78, 5) is 38.3. The number of carbonyl (C=O) groups excluding carboxylic acids is 2. The van der Waals surface area contributed by atoms with E-state index in [0.717, 1.165) is 44.5 Å². The van der Waals surface area contributed by atoms with Gasteiger partial charge in [0.2, 0.25) is 5.91 Å². The van der Waals surface area contributed by atoms with Crippen LogP contribution >= 0.6 is 11.3 Å². The molecule has 1 fully saturated rings. The van der Waals surface area contributed by atoms with Gasteiger partial charge in [0.15, 0.2) is 0 Å². The molecule has 2 amide bonds. The average molecular weight is 540 g/mol. The highest BCUT2D eigenvalue weighted by atomic mass is 32.1. The number of halogens is 3. The minimum absolute atomic E-state index is 0.0939. The van der Waals surface area contributed by atoms with Crippen molar-refractivity contribution in [1.29, 1.82) is 0 Å². The van der Waals surface area contributed by atoms with E-state index in [1.165, 1.54) is 11.1 Å². The second kappa shape index (κ2) is 12.1. The van der Waals surface area contributed by atoms with Gasteiger partial charge in [0, 0.05) is 38.0 Å². The zero-order valence-corrected chi connectivity index (χ0v) is 21.7. The predicted octanol–water partition coefficient (Wildman–Crippen LogP) is 4.11. The standard InChI is InChI=1S/C24H31N3O2S.C2HF3O2/c1-26(2)13-10-25-22(28)15-19-16-24(21-6-4-3-5-20(19)21)8-11-27(12-9-24)23(29)18-7-14-30-17-18;3-2(4,5)1(6)7/h3-7,14,17,19H,8-13,15-16H2,1-2H3,(H,25,28);(H,6,7). The number of amides is 2. The highest BCUT2D eigenvalue weighted by molar-refractivity contribution is 7.08. The van der Waals surface area contributed by atoms with Crippen LogP contribution in [0.4, 0.5) is 13.2 Å². The molecule has 37 heavy (non-hydrogen) atoms. The molecule has 1 aromatic carbocycles. The van der Waals surface area contributed by atoms with Crippen molar-refractivity contribution < 1.29 is 32.7 Å². The number of fused-ring (bicyclic) bond motifs is 2. The lowest BCUT2D eigenvalue weighted by molar-refractivity contribution is -0.192. The fraction of sp³-hybridized carbons (Fsp3) is 0.500. The number of nitrogens with one attached hydrogen (secondary N) is 1. The van der Waals surface area contributed by atoms with Crippen molar-refractivity contribution in [3.63, 3.8) is 0 Å². The van der Waals surface area contributed by atoms with Crippen molar-refractivity contribution in [3.05, 3.63) is 57.8 Å². The second-order valence-electron chi connectivity index (χ2n) is 9.73. The molecule has 0 radical (unpaired) electrons. The number of piperidine rings is 1. The first-order chi connectivity index (χ1) is 17.4. The monoisotopic (exact) mass is 539 g/mol. The number of likely N-dealkylation sites (tertiary alicyclic amines) is 1. The summed E-state index contributed by atoms with van der Waals surface area (Å²) < 4.78 is 31.7. The van der Waals surface area contributed by atoms with Crippen molar-refractivity contribution >= 4 is 29.1 Å². The van der Waals surface area contributed by atoms with E-state index in [-0.39, 0.29) is 23.1 Å². The zero-order valence-electron chi connectivity index (χ0n) is 20.9. The molecule has 2 aromatic rings. The maximum atomic E-state index is 12.7. The van der Waals surface area contributed by atoms with Gasteiger partial charge in [0.25, 0.3) is 5.91 Å². The highest BCUT2D eigenvalue weighted by Crippen LogP contribution is 2.52. The number of carbonyl (C=O) groups is 3. The zero-order chi connectivity index (χ0) is 27.2. The summed E-state index contributed by atoms with van der Waals surface area (Å²) in [6, 6.07) is 10.6. The van der Waals surface area contributed by atoms with Crippen molar-refractivity contribution in [2.24, 2.45) is 0 Å². The molecule has 1 unspecified atom stereocenters. The minimum Gasteiger partial charge on any atom is -0.475 e. The smallest absolute Gasteiger partial charge is 0.475 e. The SMILES string of the molecule is CN(C)CCNC(=O)CC1CC2(CCN(C(=O)c3ccsc3)CC2)c2ccccc21.O=C(O)C(F)(F)F. The van der Waals surface area contributed by atoms with Gasteiger partial charge < -0.3 is 20.2 Å². The lowest BCUT2D eigenvalue weighted by Gasteiger charge is -2.40. The van der Waals surface area contributed by atoms with E-state index < -0.39 is 12.1 Å². The maximum Gasteiger partial charge on any atom is 0.490 e. The van der Waals surface area contributed by atoms with Crippen LogP contribution in [0.1, 0.15) is 53.1 Å². The number of thiophene rings is 1. The molecule has 7 nitrogen and oxygen atoms in total. The summed E-state index contributed by atoms with van der Waals surface area (Å²) in [5, 5.41) is 14.1. The Labute approximate surface area is 218 Å². The molecule has 0 saturated carbocycles. The summed E-state index contributed by atoms with van der Waals surface area (Å²) in [5.74, 6) is -2.21. The van der Waals surface area contributed by atoms with Gasteiger partial charge in [-0.3, -0.25) is 9.59 Å². The van der Waals surface area contributed by atoms with Crippen LogP contribution in [0.3, 0.4) is 0 Å². The maximum absolute atomic E-state index is 12.7. The fourth-order valence-corrected chi connectivity index (χ4v) is 5.73. The molecule has 202 valence electrons. The molecule has 0 bridgehead atoms. The van der Waals surface area contributed by atoms with Crippen LogP contribution in [-0.4, -0.2) is 79.1 Å². The summed E-state index contributed by atoms with van der Waals surface area (Å²) in [7, 11) is 4.03. The summed E-state index contributed by atoms with van der Waals surface area (Å²) in [5.41, 5.74) is 3.63. The second-order valence-corrected chi connectivity index (χ2v) is 10.5. The van der Waals surface area contributed by atoms with Crippen LogP contribution in [-0.2, 0) is 15.0 Å². The molecule has 1 atom stereocenters. The molecule has 1 saturated heterocycles. The van der Waals surface area contributed by atoms with E-state index in [2.05, 4.69) is 34.5 Å². The number of nitrogens with zero attached hydrogens (tertiary/aromatic N) is 2. The van der Waals surface area contributed by atoms with Crippen molar-refractivity contribution in [1.82, 2.24) is 15.1 Å². The Morgan fingerprint density at radius 3 is 2.38 bits per heavy atom. The summed E-state index contributed by atoms with van der Waals surface area (Å²) in [6.45, 7) is 3.10. The van der Waals surface area contributed by atoms with Gasteiger partial charge in [-0.05, 0) is 67.3 Å². The number of likely N-dealkylation sites (N-methyl/N-ethyl adjacent to an activating group) is 1. The van der Waals surface area contributed by atoms with Gasteiger partial charge in [-0.25, -0.2) is 4.79 Å². The van der Waals surface area contributed by atoms with E-state index >= 15 is 0 Å². The van der Waals surface area contributed by atoms with Gasteiger partial charge in [0.1, 0.15) is 0 Å². The number of rotatable bonds is 6. The van der Waals surface area contributed by atoms with E-state index in [4.69, 9.17) is 9.90 Å². The topological polar surface area (TPSA) is 90.0 Å². The molecule has 1 spiro atoms. The van der Waals surface area contributed by atoms with E-state index in [1.807, 2.05) is 35.8 Å². The van der Waals surface area contributed by atoms with Crippen LogP contribution in [0.5, 0.6) is 0 Å². The number of aliphatic carboxylic acids is 1. The van der Waals surface area contributed by atoms with Crippen LogP contribution in [0.2, 0.25) is 0 Å². The van der Waals surface area contributed by atoms with Crippen LogP contribution in [0, 0.1) is 0 Å². The number of hydrogen-bond acceptors (Lipinski definition) is 5. The number of hydrogen-bond donors (Lipinski definition) is 2. The fourth-order valence-electron chi connectivity index (χ4n) is 5.10. The molecule has 1 aliphatic heterocycles. The first-order valence-electron chi connectivity index (χ1n) is 12.1. The lowest BCUT2D eigenvalue weighted by atomic mass is 9.73. The molecule has 11 heteroatoms. The summed E-state index contributed by atoms with van der Waals surface area (Å²) >= 11 is 1.57. The number of carboxylic acid groups (broad SMARTS) is 1. The predicted molar refractivity (Wildman–Crippen MR) is 135 cm³/mol. The highest BCUT2D eigenvalue weighted by Gasteiger charge is 2.46. The van der Waals surface area contributed by atoms with Crippen LogP contribution in [0.25, 0.3) is 0 Å². The van der Waals surface area contributed by atoms with Gasteiger partial charge in [0.05, 0.1) is 5.56 Å². The molecule has 1 aromatic heterocycles. The number of alkyl halides is 3. The third kappa shape index (κ3) is 7.32. The third-order valence-electron chi connectivity index (χ3n) is 6.94. The van der Waals surface area contributed by atoms with Crippen LogP contribution in [0.15, 0.2) is 41.1 Å². The quantitative estimate of drug-likeness (QED) is 0.577. The Hall–Kier alpha value is -2.92. The Kier molecular flexibility index (Phi) is 9.36. The molecule has 2 N–H and O–H groups in total. The number of benzene rings is 1. The lowest BCUT2D eigenvalue weighted by Crippen LogP contribution is -2.44. The molecule has 2 heterocycles. The largest absolute Gasteiger partial charge is 0.490 e. The average Bonchev–Trinajstić information content (AvgIpc) is 3.47. The molecular weight excluding hydrogens is 507 g/mol. The molecular formula is C26H32F3N3O4S. The molecule has 1 aliphatic carbocycles. The number of carboxylic acids is 1. The van der Waals surface area contributed by atoms with Crippen molar-refractivity contribution in [3.8, 4) is 0 Å². The van der Waals surface area contributed by atoms with Gasteiger partial charge in [-0.15, -0.1) is 0 Å². The van der Waals surface area contributed by atoms with E-state index in [1.54, 1.807) is 11.3 Å². The van der Waals surface area contributed by atoms with Crippen molar-refractivity contribution in [2.75, 3.05) is 40.3 Å². The molecule has 2 aliphatic rings.